The summed E-state index contributed by atoms with van der Waals surface area (Å²) in [5, 5.41) is 73.7. The molecule has 0 saturated carbocycles. The van der Waals surface area contributed by atoms with Crippen molar-refractivity contribution in [3.8, 4) is 0 Å². The summed E-state index contributed by atoms with van der Waals surface area (Å²) >= 11 is 0. The average molecular weight is 1320 g/mol. The van der Waals surface area contributed by atoms with E-state index in [4.69, 9.17) is 61.8 Å². The van der Waals surface area contributed by atoms with E-state index in [0.717, 1.165) is 0 Å². The van der Waals surface area contributed by atoms with Crippen molar-refractivity contribution in [2.24, 2.45) is 52.0 Å². The Hall–Kier alpha value is -8.87. The van der Waals surface area contributed by atoms with Gasteiger partial charge in [0.15, 0.2) is 23.8 Å². The molecule has 37 heteroatoms. The molecular weight excluding hydrogens is 1210 g/mol. The van der Waals surface area contributed by atoms with Gasteiger partial charge in [-0.2, -0.15) is 0 Å². The Kier molecular flexibility index (Phi) is 40.1. The van der Waals surface area contributed by atoms with Crippen LogP contribution in [0.2, 0.25) is 0 Å². The topological polar surface area (TPSA) is 645 Å². The molecule has 0 aliphatic carbocycles. The SMILES string of the molecule is CC(C)C[C@H](NC(=O)[C@H](CCCNC(=N)N)NC(=O)[C@@H](NC(=O)CNC(=O)[C@@H](N)CCCCN)C(C)C)C(=O)NCC(=O)N1CCC[C@H]1C(=O)N[C@@H](CCCCN)C(=O)N[C@@H](CCCNC(=N)N)C(=O)N[C@@H](CCCNC(=N)N)C(=O)N[C@@H](CCCNC(=N)N)C(=O)O. The number of aliphatic carboxylic acids is 1. The number of carbonyl (C=O) groups excluding carboxylic acids is 10. The number of carboxylic acids is 1. The fourth-order valence-corrected chi connectivity index (χ4v) is 9.69. The molecule has 93 heavy (non-hydrogen) atoms. The fourth-order valence-electron chi connectivity index (χ4n) is 9.69. The minimum Gasteiger partial charge on any atom is -0.480 e. The van der Waals surface area contributed by atoms with Crippen molar-refractivity contribution in [3.63, 3.8) is 0 Å². The monoisotopic (exact) mass is 1320 g/mol. The van der Waals surface area contributed by atoms with E-state index in [2.05, 4.69) is 69.1 Å². The van der Waals surface area contributed by atoms with E-state index in [1.54, 1.807) is 27.7 Å². The number of nitrogens with one attached hydrogen (secondary N) is 17. The van der Waals surface area contributed by atoms with E-state index in [1.165, 1.54) is 4.90 Å². The van der Waals surface area contributed by atoms with E-state index in [1.807, 2.05) is 0 Å². The smallest absolute Gasteiger partial charge is 0.326 e. The lowest BCUT2D eigenvalue weighted by atomic mass is 10.0. The molecule has 0 aromatic rings. The molecule has 1 heterocycles. The molecule has 0 spiro atoms. The number of likely N-dealkylation sites (tertiary alicyclic amines) is 1. The molecule has 32 N–H and O–H groups in total. The number of hydrogen-bond donors (Lipinski definition) is 25. The minimum atomic E-state index is -1.42. The predicted molar refractivity (Wildman–Crippen MR) is 347 cm³/mol. The van der Waals surface area contributed by atoms with Crippen LogP contribution in [0, 0.1) is 33.5 Å². The van der Waals surface area contributed by atoms with Gasteiger partial charge in [0.25, 0.3) is 0 Å². The van der Waals surface area contributed by atoms with Crippen molar-refractivity contribution in [1.82, 2.24) is 74.0 Å². The molecule has 1 saturated heterocycles. The highest BCUT2D eigenvalue weighted by Crippen LogP contribution is 2.19. The van der Waals surface area contributed by atoms with Crippen molar-refractivity contribution in [2.45, 2.75) is 191 Å². The van der Waals surface area contributed by atoms with Crippen LogP contribution in [-0.4, -0.2) is 212 Å². The Labute approximate surface area is 542 Å². The Morgan fingerprint density at radius 2 is 0.849 bits per heavy atom. The van der Waals surface area contributed by atoms with Gasteiger partial charge in [0.1, 0.15) is 48.3 Å². The lowest BCUT2D eigenvalue weighted by Gasteiger charge is -2.29. The third-order valence-corrected chi connectivity index (χ3v) is 14.7. The lowest BCUT2D eigenvalue weighted by Crippen LogP contribution is -2.59. The van der Waals surface area contributed by atoms with Gasteiger partial charge in [0, 0.05) is 32.7 Å². The van der Waals surface area contributed by atoms with Crippen LogP contribution in [0.3, 0.4) is 0 Å². The second-order valence-corrected chi connectivity index (χ2v) is 23.4. The zero-order chi connectivity index (χ0) is 70.2. The number of guanidine groups is 4. The summed E-state index contributed by atoms with van der Waals surface area (Å²) in [6, 6.07) is -11.3. The zero-order valence-corrected chi connectivity index (χ0v) is 54.2. The minimum absolute atomic E-state index is 0.0176. The molecule has 0 radical (unpaired) electrons. The highest BCUT2D eigenvalue weighted by molar-refractivity contribution is 5.98. The number of hydrogen-bond acceptors (Lipinski definition) is 18. The molecule has 0 bridgehead atoms. The van der Waals surface area contributed by atoms with Crippen LogP contribution in [0.15, 0.2) is 0 Å². The molecule has 1 aliphatic rings. The number of amides is 10. The normalized spacial score (nSPS) is 15.2. The van der Waals surface area contributed by atoms with Crippen LogP contribution >= 0.6 is 0 Å². The highest BCUT2D eigenvalue weighted by Gasteiger charge is 2.38. The Morgan fingerprint density at radius 3 is 1.27 bits per heavy atom. The molecule has 0 aromatic carbocycles. The van der Waals surface area contributed by atoms with Gasteiger partial charge in [-0.15, -0.1) is 0 Å². The molecule has 1 aliphatic heterocycles. The second-order valence-electron chi connectivity index (χ2n) is 23.4. The summed E-state index contributed by atoms with van der Waals surface area (Å²) in [6.45, 7) is 6.94. The summed E-state index contributed by atoms with van der Waals surface area (Å²) in [6.07, 6.45) is 3.33. The van der Waals surface area contributed by atoms with Crippen molar-refractivity contribution < 1.29 is 57.8 Å². The number of nitrogens with zero attached hydrogens (tertiary/aromatic N) is 1. The predicted octanol–water partition coefficient (Wildman–Crippen LogP) is -6.97. The Morgan fingerprint density at radius 1 is 0.462 bits per heavy atom. The van der Waals surface area contributed by atoms with Crippen LogP contribution < -0.4 is 109 Å². The first kappa shape index (κ1) is 82.1. The summed E-state index contributed by atoms with van der Waals surface area (Å²) < 4.78 is 0. The van der Waals surface area contributed by atoms with Crippen molar-refractivity contribution in [3.05, 3.63) is 0 Å². The maximum absolute atomic E-state index is 14.4. The summed E-state index contributed by atoms with van der Waals surface area (Å²) in [4.78, 5) is 152. The van der Waals surface area contributed by atoms with Crippen LogP contribution in [0.4, 0.5) is 0 Å². The largest absolute Gasteiger partial charge is 0.480 e. The first-order chi connectivity index (χ1) is 43.9. The standard InChI is InChI=1S/C56H107N25O12/c1-31(2)28-39(79-49(89)37(18-11-25-70-55(64)65)77-51(91)43(32(3)4)80-41(82)29-72-44(84)33(59)14-5-7-21-57)45(85)73-30-42(83)81-27-13-20-40(81)50(90)76-34(15-6-8-22-58)46(86)74-35(16-9-23-68-53(60)61)47(87)75-36(17-10-24-69-54(62)63)48(88)78-38(52(92)93)19-12-26-71-56(66)67/h31-40,43H,5-30,57-59H2,1-4H3,(H,72,84)(H,73,85)(H,74,86)(H,75,87)(H,76,90)(H,77,91)(H,78,88)(H,79,89)(H,80,82)(H,92,93)(H4,60,61,68)(H4,62,63,69)(H4,64,65,70)(H4,66,67,71)/t33-,34-,35-,36-,37-,38-,39-,40-,43-/m0/s1. The first-order valence-electron chi connectivity index (χ1n) is 31.6. The van der Waals surface area contributed by atoms with E-state index in [0.29, 0.717) is 45.1 Å². The first-order valence-corrected chi connectivity index (χ1v) is 31.6. The van der Waals surface area contributed by atoms with Gasteiger partial charge in [0.05, 0.1) is 19.1 Å². The average Bonchev–Trinajstić information content (AvgIpc) is 1.82. The summed E-state index contributed by atoms with van der Waals surface area (Å²) in [5.41, 5.74) is 38.9. The number of nitrogens with two attached hydrogens (primary N) is 7. The van der Waals surface area contributed by atoms with Crippen molar-refractivity contribution >= 4 is 88.9 Å². The molecule has 0 aromatic heterocycles. The third kappa shape index (κ3) is 34.9. The van der Waals surface area contributed by atoms with E-state index in [9.17, 15) is 57.8 Å². The van der Waals surface area contributed by atoms with Crippen LogP contribution in [0.5, 0.6) is 0 Å². The second kappa shape index (κ2) is 45.4. The molecule has 528 valence electrons. The van der Waals surface area contributed by atoms with E-state index >= 15 is 0 Å². The van der Waals surface area contributed by atoms with E-state index in [-0.39, 0.29) is 140 Å². The van der Waals surface area contributed by atoms with Gasteiger partial charge in [-0.1, -0.05) is 34.1 Å². The van der Waals surface area contributed by atoms with Crippen molar-refractivity contribution in [1.29, 1.82) is 21.6 Å². The Bertz CT molecular complexity index is 2490. The van der Waals surface area contributed by atoms with Gasteiger partial charge in [-0.05, 0) is 128 Å². The third-order valence-electron chi connectivity index (χ3n) is 14.7. The summed E-state index contributed by atoms with van der Waals surface area (Å²) in [5.74, 6) is -11.1. The molecule has 37 nitrogen and oxygen atoms in total. The molecule has 10 amide bonds. The van der Waals surface area contributed by atoms with Gasteiger partial charge < -0.3 is 119 Å². The van der Waals surface area contributed by atoms with E-state index < -0.39 is 138 Å². The van der Waals surface area contributed by atoms with Gasteiger partial charge >= 0.3 is 5.97 Å². The number of carbonyl (C=O) groups is 11. The molecular formula is C56H107N25O12. The molecule has 1 rings (SSSR count). The summed E-state index contributed by atoms with van der Waals surface area (Å²) in [7, 11) is 0. The molecule has 9 atom stereocenters. The lowest BCUT2D eigenvalue weighted by molar-refractivity contribution is -0.142. The fraction of sp³-hybridized carbons (Fsp3) is 0.732. The quantitative estimate of drug-likeness (QED) is 0.0153. The van der Waals surface area contributed by atoms with Crippen LogP contribution in [-0.2, 0) is 52.7 Å². The maximum atomic E-state index is 14.4. The number of rotatable bonds is 47. The van der Waals surface area contributed by atoms with Crippen molar-refractivity contribution in [2.75, 3.05) is 58.9 Å². The van der Waals surface area contributed by atoms with Gasteiger partial charge in [-0.3, -0.25) is 69.6 Å². The molecule has 1 fully saturated rings. The molecule has 0 unspecified atom stereocenters. The van der Waals surface area contributed by atoms with Crippen LogP contribution in [0.25, 0.3) is 0 Å². The maximum Gasteiger partial charge on any atom is 0.326 e. The zero-order valence-electron chi connectivity index (χ0n) is 54.2. The Balaban J connectivity index is 3.41. The van der Waals surface area contributed by atoms with Crippen LogP contribution in [0.1, 0.15) is 137 Å². The van der Waals surface area contributed by atoms with Gasteiger partial charge in [0.2, 0.25) is 59.1 Å². The van der Waals surface area contributed by atoms with Gasteiger partial charge in [-0.25, -0.2) is 4.79 Å². The number of carboxylic acid groups (broad SMARTS) is 1. The number of unbranched alkanes of at least 4 members (excludes halogenated alkanes) is 2. The highest BCUT2D eigenvalue weighted by atomic mass is 16.4.